The summed E-state index contributed by atoms with van der Waals surface area (Å²) in [5.74, 6) is 2.91. The van der Waals surface area contributed by atoms with Gasteiger partial charge in [-0.05, 0) is 6.07 Å². The van der Waals surface area contributed by atoms with Gasteiger partial charge in [0.05, 0.1) is 27.0 Å². The molecule has 0 bridgehead atoms. The Bertz CT molecular complexity index is 808. The van der Waals surface area contributed by atoms with Crippen molar-refractivity contribution in [3.8, 4) is 17.2 Å². The molecule has 0 spiro atoms. The molecule has 0 unspecified atom stereocenters. The molecule has 2 heterocycles. The van der Waals surface area contributed by atoms with E-state index in [1.54, 1.807) is 34.6 Å². The van der Waals surface area contributed by atoms with Crippen LogP contribution in [0.5, 0.6) is 17.2 Å². The lowest BCUT2D eigenvalue weighted by molar-refractivity contribution is 0.169. The van der Waals surface area contributed by atoms with Crippen molar-refractivity contribution < 1.29 is 18.7 Å². The van der Waals surface area contributed by atoms with Crippen LogP contribution in [0.25, 0.3) is 0 Å². The number of aliphatic imine (C=N–C) groups is 1. The van der Waals surface area contributed by atoms with Gasteiger partial charge in [0.2, 0.25) is 0 Å². The number of ether oxygens (including phenoxy) is 3. The fraction of sp³-hybridized carbons (Fsp3) is 0.500. The molecule has 10 heteroatoms. The maximum Gasteiger partial charge on any atom is 0.194 e. The summed E-state index contributed by atoms with van der Waals surface area (Å²) in [5, 5.41) is 7.42. The highest BCUT2D eigenvalue weighted by Gasteiger charge is 2.21. The molecule has 1 N–H and O–H groups in total. The third-order valence-corrected chi connectivity index (χ3v) is 4.98. The van der Waals surface area contributed by atoms with E-state index in [2.05, 4.69) is 25.3 Å². The first-order valence-corrected chi connectivity index (χ1v) is 9.54. The predicted molar refractivity (Wildman–Crippen MR) is 125 cm³/mol. The zero-order valence-electron chi connectivity index (χ0n) is 17.9. The molecule has 3 rings (SSSR count). The number of halogens is 1. The topological polar surface area (TPSA) is 84.6 Å². The molecule has 166 valence electrons. The molecule has 30 heavy (non-hydrogen) atoms. The van der Waals surface area contributed by atoms with E-state index in [4.69, 9.17) is 18.7 Å². The van der Waals surface area contributed by atoms with E-state index in [1.807, 2.05) is 18.2 Å². The lowest BCUT2D eigenvalue weighted by atomic mass is 10.1. The molecular formula is C20H30IN5O4. The standard InChI is InChI=1S/C20H29N5O4.HI/c1-21-20(25-8-6-24(7-9-25)14-16-5-10-29-23-16)22-13-15-11-18(27-3)19(28-4)12-17(15)26-2;/h5,10-12H,6-9,13-14H2,1-4H3,(H,21,22);1H. The van der Waals surface area contributed by atoms with E-state index >= 15 is 0 Å². The first-order chi connectivity index (χ1) is 14.2. The number of aromatic nitrogens is 1. The SMILES string of the molecule is CN=C(NCc1cc(OC)c(OC)cc1OC)N1CCN(Cc2ccon2)CC1.I. The van der Waals surface area contributed by atoms with Crippen molar-refractivity contribution in [1.82, 2.24) is 20.3 Å². The normalized spacial score (nSPS) is 14.8. The average molecular weight is 531 g/mol. The molecule has 9 nitrogen and oxygen atoms in total. The lowest BCUT2D eigenvalue weighted by Crippen LogP contribution is -2.52. The summed E-state index contributed by atoms with van der Waals surface area (Å²) in [6, 6.07) is 5.67. The molecule has 1 aromatic carbocycles. The van der Waals surface area contributed by atoms with E-state index < -0.39 is 0 Å². The number of hydrogen-bond acceptors (Lipinski definition) is 7. The Morgan fingerprint density at radius 2 is 1.73 bits per heavy atom. The van der Waals surface area contributed by atoms with Crippen LogP contribution in [0, 0.1) is 0 Å². The molecule has 1 aromatic heterocycles. The van der Waals surface area contributed by atoms with Crippen molar-refractivity contribution >= 4 is 29.9 Å². The fourth-order valence-electron chi connectivity index (χ4n) is 3.40. The van der Waals surface area contributed by atoms with E-state index in [0.717, 1.165) is 55.7 Å². The van der Waals surface area contributed by atoms with Crippen LogP contribution >= 0.6 is 24.0 Å². The van der Waals surface area contributed by atoms with Gasteiger partial charge in [-0.3, -0.25) is 9.89 Å². The smallest absolute Gasteiger partial charge is 0.194 e. The van der Waals surface area contributed by atoms with Gasteiger partial charge in [0.15, 0.2) is 17.5 Å². The van der Waals surface area contributed by atoms with Gasteiger partial charge in [0.1, 0.15) is 12.0 Å². The van der Waals surface area contributed by atoms with Crippen LogP contribution < -0.4 is 19.5 Å². The van der Waals surface area contributed by atoms with Crippen LogP contribution in [0.3, 0.4) is 0 Å². The minimum absolute atomic E-state index is 0. The molecule has 1 aliphatic heterocycles. The molecule has 0 radical (unpaired) electrons. The first-order valence-electron chi connectivity index (χ1n) is 9.54. The minimum Gasteiger partial charge on any atom is -0.496 e. The third-order valence-electron chi connectivity index (χ3n) is 4.98. The molecule has 2 aromatic rings. The third kappa shape index (κ3) is 5.91. The molecule has 0 amide bonds. The zero-order valence-corrected chi connectivity index (χ0v) is 20.2. The predicted octanol–water partition coefficient (Wildman–Crippen LogP) is 2.21. The summed E-state index contributed by atoms with van der Waals surface area (Å²) < 4.78 is 21.2. The van der Waals surface area contributed by atoms with Crippen molar-refractivity contribution in [1.29, 1.82) is 0 Å². The Balaban J connectivity index is 0.00000320. The summed E-state index contributed by atoms with van der Waals surface area (Å²) in [6.07, 6.45) is 1.61. The number of benzene rings is 1. The highest BCUT2D eigenvalue weighted by molar-refractivity contribution is 14.0. The van der Waals surface area contributed by atoms with Gasteiger partial charge in [-0.1, -0.05) is 5.16 Å². The molecule has 1 saturated heterocycles. The fourth-order valence-corrected chi connectivity index (χ4v) is 3.40. The van der Waals surface area contributed by atoms with Gasteiger partial charge >= 0.3 is 0 Å². The van der Waals surface area contributed by atoms with Crippen molar-refractivity contribution in [3.05, 3.63) is 35.7 Å². The van der Waals surface area contributed by atoms with Crippen molar-refractivity contribution in [2.75, 3.05) is 54.6 Å². The number of methoxy groups -OCH3 is 3. The highest BCUT2D eigenvalue weighted by atomic mass is 127. The first kappa shape index (κ1) is 24.1. The van der Waals surface area contributed by atoms with Gasteiger partial charge in [-0.2, -0.15) is 0 Å². The second kappa shape index (κ2) is 11.8. The second-order valence-corrected chi connectivity index (χ2v) is 6.67. The summed E-state index contributed by atoms with van der Waals surface area (Å²) in [5.41, 5.74) is 1.93. The summed E-state index contributed by atoms with van der Waals surface area (Å²) in [6.45, 7) is 5.02. The molecule has 1 fully saturated rings. The molecule has 0 saturated carbocycles. The Kier molecular flexibility index (Phi) is 9.50. The highest BCUT2D eigenvalue weighted by Crippen LogP contribution is 2.34. The Hall–Kier alpha value is -2.21. The zero-order chi connectivity index (χ0) is 20.6. The number of nitrogens with one attached hydrogen (secondary N) is 1. The van der Waals surface area contributed by atoms with Gasteiger partial charge < -0.3 is 29.0 Å². The minimum atomic E-state index is 0. The summed E-state index contributed by atoms with van der Waals surface area (Å²) >= 11 is 0. The summed E-state index contributed by atoms with van der Waals surface area (Å²) in [4.78, 5) is 9.06. The van der Waals surface area contributed by atoms with Crippen molar-refractivity contribution in [2.24, 2.45) is 4.99 Å². The lowest BCUT2D eigenvalue weighted by Gasteiger charge is -2.36. The van der Waals surface area contributed by atoms with E-state index in [1.165, 1.54) is 0 Å². The molecule has 1 aliphatic rings. The number of hydrogen-bond donors (Lipinski definition) is 1. The van der Waals surface area contributed by atoms with E-state index in [0.29, 0.717) is 18.0 Å². The van der Waals surface area contributed by atoms with E-state index in [9.17, 15) is 0 Å². The van der Waals surface area contributed by atoms with Gasteiger partial charge in [0, 0.05) is 64.0 Å². The van der Waals surface area contributed by atoms with Gasteiger partial charge in [-0.15, -0.1) is 24.0 Å². The van der Waals surface area contributed by atoms with Gasteiger partial charge in [-0.25, -0.2) is 0 Å². The maximum atomic E-state index is 5.51. The molecular weight excluding hydrogens is 501 g/mol. The molecule has 0 aliphatic carbocycles. The average Bonchev–Trinajstić information content (AvgIpc) is 3.27. The van der Waals surface area contributed by atoms with Crippen LogP contribution in [0.2, 0.25) is 0 Å². The Labute approximate surface area is 194 Å². The van der Waals surface area contributed by atoms with Crippen LogP contribution in [-0.4, -0.2) is 75.5 Å². The number of piperazine rings is 1. The number of guanidine groups is 1. The largest absolute Gasteiger partial charge is 0.496 e. The van der Waals surface area contributed by atoms with Crippen LogP contribution in [-0.2, 0) is 13.1 Å². The van der Waals surface area contributed by atoms with E-state index in [-0.39, 0.29) is 24.0 Å². The quantitative estimate of drug-likeness (QED) is 0.331. The molecule has 0 atom stereocenters. The van der Waals surface area contributed by atoms with Crippen LogP contribution in [0.4, 0.5) is 0 Å². The van der Waals surface area contributed by atoms with Crippen molar-refractivity contribution in [2.45, 2.75) is 13.1 Å². The van der Waals surface area contributed by atoms with Crippen molar-refractivity contribution in [3.63, 3.8) is 0 Å². The maximum absolute atomic E-state index is 5.51. The summed E-state index contributed by atoms with van der Waals surface area (Å²) in [7, 11) is 6.68. The van der Waals surface area contributed by atoms with Crippen LogP contribution in [0.15, 0.2) is 34.0 Å². The Morgan fingerprint density at radius 3 is 2.30 bits per heavy atom. The van der Waals surface area contributed by atoms with Gasteiger partial charge in [0.25, 0.3) is 0 Å². The number of rotatable bonds is 7. The Morgan fingerprint density at radius 1 is 1.07 bits per heavy atom. The van der Waals surface area contributed by atoms with Crippen LogP contribution in [0.1, 0.15) is 11.3 Å². The monoisotopic (exact) mass is 531 g/mol. The number of nitrogens with zero attached hydrogens (tertiary/aromatic N) is 4. The second-order valence-electron chi connectivity index (χ2n) is 6.67.